The Labute approximate surface area is 113 Å². The second-order valence-electron chi connectivity index (χ2n) is 3.95. The zero-order valence-corrected chi connectivity index (χ0v) is 12.4. The van der Waals surface area contributed by atoms with E-state index in [1.54, 1.807) is 25.5 Å². The summed E-state index contributed by atoms with van der Waals surface area (Å²) in [7, 11) is 3.48. The number of methoxy groups -OCH3 is 1. The summed E-state index contributed by atoms with van der Waals surface area (Å²) in [6.07, 6.45) is 0.965. The summed E-state index contributed by atoms with van der Waals surface area (Å²) < 4.78 is 4.99. The molecule has 1 heterocycles. The molecular formula is C12H22N4OS. The minimum absolute atomic E-state index is 0.712. The summed E-state index contributed by atoms with van der Waals surface area (Å²) in [4.78, 5) is 9.91. The van der Waals surface area contributed by atoms with E-state index >= 15 is 0 Å². The Kier molecular flexibility index (Phi) is 6.67. The van der Waals surface area contributed by atoms with Crippen LogP contribution in [0.25, 0.3) is 0 Å². The van der Waals surface area contributed by atoms with Crippen LogP contribution in [-0.4, -0.2) is 38.3 Å². The van der Waals surface area contributed by atoms with Gasteiger partial charge in [0.2, 0.25) is 0 Å². The molecule has 0 aliphatic carbocycles. The number of hydrogen-bond donors (Lipinski definition) is 2. The van der Waals surface area contributed by atoms with Crippen molar-refractivity contribution in [2.24, 2.45) is 4.99 Å². The van der Waals surface area contributed by atoms with E-state index in [0.717, 1.165) is 36.2 Å². The summed E-state index contributed by atoms with van der Waals surface area (Å²) in [5.74, 6) is 0.802. The number of nitrogens with one attached hydrogen (secondary N) is 2. The fourth-order valence-electron chi connectivity index (χ4n) is 1.42. The summed E-state index contributed by atoms with van der Waals surface area (Å²) in [6.45, 7) is 6.45. The number of rotatable bonds is 6. The first-order chi connectivity index (χ1) is 8.67. The summed E-state index contributed by atoms with van der Waals surface area (Å²) in [6, 6.07) is 0. The first-order valence-electron chi connectivity index (χ1n) is 6.03. The van der Waals surface area contributed by atoms with Crippen LogP contribution in [0.3, 0.4) is 0 Å². The Morgan fingerprint density at radius 2 is 2.17 bits per heavy atom. The smallest absolute Gasteiger partial charge is 0.191 e. The molecule has 18 heavy (non-hydrogen) atoms. The normalized spacial score (nSPS) is 11.7. The fourth-order valence-corrected chi connectivity index (χ4v) is 2.29. The molecule has 0 aliphatic rings. The quantitative estimate of drug-likeness (QED) is 0.467. The maximum atomic E-state index is 4.99. The highest BCUT2D eigenvalue weighted by Gasteiger charge is 2.04. The first-order valence-corrected chi connectivity index (χ1v) is 6.85. The van der Waals surface area contributed by atoms with Gasteiger partial charge in [0.05, 0.1) is 12.2 Å². The van der Waals surface area contributed by atoms with Gasteiger partial charge in [0.1, 0.15) is 5.01 Å². The number of hydrogen-bond acceptors (Lipinski definition) is 4. The van der Waals surface area contributed by atoms with Gasteiger partial charge in [-0.3, -0.25) is 4.99 Å². The second-order valence-corrected chi connectivity index (χ2v) is 5.24. The lowest BCUT2D eigenvalue weighted by molar-refractivity contribution is 0.195. The molecule has 1 aromatic heterocycles. The van der Waals surface area contributed by atoms with Crippen molar-refractivity contribution >= 4 is 17.3 Å². The number of guanidine groups is 1. The van der Waals surface area contributed by atoms with Crippen molar-refractivity contribution in [1.29, 1.82) is 0 Å². The third kappa shape index (κ3) is 5.01. The largest absolute Gasteiger partial charge is 0.385 e. The minimum Gasteiger partial charge on any atom is -0.385 e. The van der Waals surface area contributed by atoms with E-state index in [1.165, 1.54) is 4.88 Å². The highest BCUT2D eigenvalue weighted by Crippen LogP contribution is 2.15. The van der Waals surface area contributed by atoms with Crippen LogP contribution in [0.2, 0.25) is 0 Å². The average molecular weight is 270 g/mol. The van der Waals surface area contributed by atoms with Gasteiger partial charge in [-0.1, -0.05) is 0 Å². The number of ether oxygens (including phenoxy) is 1. The number of aliphatic imine (C=N–C) groups is 1. The van der Waals surface area contributed by atoms with Crippen molar-refractivity contribution in [1.82, 2.24) is 15.6 Å². The molecule has 0 radical (unpaired) electrons. The molecule has 0 unspecified atom stereocenters. The van der Waals surface area contributed by atoms with Gasteiger partial charge in [-0.2, -0.15) is 0 Å². The highest BCUT2D eigenvalue weighted by molar-refractivity contribution is 7.11. The van der Waals surface area contributed by atoms with Gasteiger partial charge in [0.15, 0.2) is 5.96 Å². The number of aryl methyl sites for hydroxylation is 2. The van der Waals surface area contributed by atoms with Crippen LogP contribution in [0.4, 0.5) is 0 Å². The van der Waals surface area contributed by atoms with Crippen LogP contribution < -0.4 is 10.6 Å². The Morgan fingerprint density at radius 1 is 1.39 bits per heavy atom. The van der Waals surface area contributed by atoms with Crippen LogP contribution >= 0.6 is 11.3 Å². The first kappa shape index (κ1) is 14.9. The van der Waals surface area contributed by atoms with Crippen LogP contribution in [0.15, 0.2) is 4.99 Å². The van der Waals surface area contributed by atoms with Crippen molar-refractivity contribution in [2.75, 3.05) is 27.3 Å². The Bertz CT molecular complexity index is 370. The molecular weight excluding hydrogens is 248 g/mol. The van der Waals surface area contributed by atoms with Gasteiger partial charge in [0.25, 0.3) is 0 Å². The van der Waals surface area contributed by atoms with E-state index in [2.05, 4.69) is 27.5 Å². The number of nitrogens with zero attached hydrogens (tertiary/aromatic N) is 2. The molecule has 5 nitrogen and oxygen atoms in total. The molecule has 0 aliphatic heterocycles. The van der Waals surface area contributed by atoms with E-state index in [4.69, 9.17) is 4.74 Å². The van der Waals surface area contributed by atoms with Gasteiger partial charge in [-0.05, 0) is 20.3 Å². The van der Waals surface area contributed by atoms with Crippen molar-refractivity contribution in [3.8, 4) is 0 Å². The SMILES string of the molecule is CN=C(NCCCOC)NCc1nc(C)c(C)s1. The molecule has 2 N–H and O–H groups in total. The molecule has 0 spiro atoms. The molecule has 1 rings (SSSR count). The zero-order chi connectivity index (χ0) is 13.4. The minimum atomic E-state index is 0.712. The summed E-state index contributed by atoms with van der Waals surface area (Å²) >= 11 is 1.72. The lowest BCUT2D eigenvalue weighted by atomic mass is 10.4. The molecule has 1 aromatic rings. The molecule has 0 aromatic carbocycles. The molecule has 0 saturated carbocycles. The van der Waals surface area contributed by atoms with Crippen molar-refractivity contribution < 1.29 is 4.74 Å². The predicted molar refractivity (Wildman–Crippen MR) is 76.3 cm³/mol. The molecule has 0 saturated heterocycles. The second kappa shape index (κ2) is 8.05. The van der Waals surface area contributed by atoms with Crippen LogP contribution in [0.1, 0.15) is 22.0 Å². The van der Waals surface area contributed by atoms with Crippen LogP contribution in [0.5, 0.6) is 0 Å². The summed E-state index contributed by atoms with van der Waals surface area (Å²) in [5, 5.41) is 7.57. The summed E-state index contributed by atoms with van der Waals surface area (Å²) in [5.41, 5.74) is 1.11. The van der Waals surface area contributed by atoms with E-state index in [9.17, 15) is 0 Å². The van der Waals surface area contributed by atoms with Gasteiger partial charge < -0.3 is 15.4 Å². The molecule has 0 atom stereocenters. The van der Waals surface area contributed by atoms with E-state index < -0.39 is 0 Å². The van der Waals surface area contributed by atoms with E-state index in [-0.39, 0.29) is 0 Å². The molecule has 6 heteroatoms. The topological polar surface area (TPSA) is 58.5 Å². The highest BCUT2D eigenvalue weighted by atomic mass is 32.1. The Morgan fingerprint density at radius 3 is 2.72 bits per heavy atom. The molecule has 102 valence electrons. The molecule has 0 fully saturated rings. The van der Waals surface area contributed by atoms with Crippen molar-refractivity contribution in [3.63, 3.8) is 0 Å². The van der Waals surface area contributed by atoms with Gasteiger partial charge in [-0.15, -0.1) is 11.3 Å². The molecule has 0 amide bonds. The van der Waals surface area contributed by atoms with E-state index in [0.29, 0.717) is 6.54 Å². The third-order valence-electron chi connectivity index (χ3n) is 2.52. The fraction of sp³-hybridized carbons (Fsp3) is 0.667. The Balaban J connectivity index is 2.31. The predicted octanol–water partition coefficient (Wildman–Crippen LogP) is 1.46. The number of aromatic nitrogens is 1. The third-order valence-corrected chi connectivity index (χ3v) is 3.59. The van der Waals surface area contributed by atoms with Gasteiger partial charge in [-0.25, -0.2) is 4.98 Å². The maximum Gasteiger partial charge on any atom is 0.191 e. The van der Waals surface area contributed by atoms with Crippen LogP contribution in [-0.2, 0) is 11.3 Å². The van der Waals surface area contributed by atoms with Crippen LogP contribution in [0, 0.1) is 13.8 Å². The average Bonchev–Trinajstić information content (AvgIpc) is 2.68. The lowest BCUT2D eigenvalue weighted by Gasteiger charge is -2.10. The van der Waals surface area contributed by atoms with Crippen molar-refractivity contribution in [2.45, 2.75) is 26.8 Å². The number of thiazole rings is 1. The maximum absolute atomic E-state index is 4.99. The van der Waals surface area contributed by atoms with E-state index in [1.807, 2.05) is 6.92 Å². The zero-order valence-electron chi connectivity index (χ0n) is 11.5. The van der Waals surface area contributed by atoms with Gasteiger partial charge >= 0.3 is 0 Å². The van der Waals surface area contributed by atoms with Gasteiger partial charge in [0, 0.05) is 32.2 Å². The molecule has 0 bridgehead atoms. The monoisotopic (exact) mass is 270 g/mol. The lowest BCUT2D eigenvalue weighted by Crippen LogP contribution is -2.37. The standard InChI is InChI=1S/C12H22N4OS/c1-9-10(2)18-11(16-9)8-15-12(13-3)14-6-5-7-17-4/h5-8H2,1-4H3,(H2,13,14,15). The Hall–Kier alpha value is -1.14. The van der Waals surface area contributed by atoms with Crippen molar-refractivity contribution in [3.05, 3.63) is 15.6 Å².